The molecular formula is C15H15NS. The van der Waals surface area contributed by atoms with Gasteiger partial charge in [0.2, 0.25) is 0 Å². The number of rotatable bonds is 3. The molecule has 0 fully saturated rings. The minimum Gasteiger partial charge on any atom is -0.255 e. The Morgan fingerprint density at radius 1 is 1.06 bits per heavy atom. The van der Waals surface area contributed by atoms with Gasteiger partial charge in [-0.3, -0.25) is 4.99 Å². The van der Waals surface area contributed by atoms with Gasteiger partial charge in [-0.25, -0.2) is 0 Å². The molecule has 17 heavy (non-hydrogen) atoms. The maximum absolute atomic E-state index is 4.60. The fourth-order valence-corrected chi connectivity index (χ4v) is 2.17. The van der Waals surface area contributed by atoms with Crippen molar-refractivity contribution >= 4 is 23.2 Å². The SMILES string of the molecule is CC(C)=C(N=Cc1cccs1)c1ccccc1. The fourth-order valence-electron chi connectivity index (χ4n) is 1.58. The fraction of sp³-hybridized carbons (Fsp3) is 0.133. The van der Waals surface area contributed by atoms with Crippen molar-refractivity contribution in [2.45, 2.75) is 13.8 Å². The van der Waals surface area contributed by atoms with Gasteiger partial charge < -0.3 is 0 Å². The van der Waals surface area contributed by atoms with E-state index in [1.165, 1.54) is 16.0 Å². The van der Waals surface area contributed by atoms with Crippen molar-refractivity contribution in [3.8, 4) is 0 Å². The van der Waals surface area contributed by atoms with Crippen LogP contribution < -0.4 is 0 Å². The minimum atomic E-state index is 1.05. The van der Waals surface area contributed by atoms with Gasteiger partial charge in [-0.15, -0.1) is 11.3 Å². The third kappa shape index (κ3) is 3.14. The number of hydrogen-bond acceptors (Lipinski definition) is 2. The first kappa shape index (κ1) is 11.8. The number of allylic oxidation sites excluding steroid dienone is 1. The topological polar surface area (TPSA) is 12.4 Å². The molecule has 0 unspecified atom stereocenters. The van der Waals surface area contributed by atoms with Gasteiger partial charge in [-0.05, 0) is 25.3 Å². The third-order valence-corrected chi connectivity index (χ3v) is 3.19. The van der Waals surface area contributed by atoms with E-state index in [4.69, 9.17) is 0 Å². The smallest absolute Gasteiger partial charge is 0.0688 e. The monoisotopic (exact) mass is 241 g/mol. The predicted molar refractivity (Wildman–Crippen MR) is 76.6 cm³/mol. The molecule has 0 radical (unpaired) electrons. The first-order valence-corrected chi connectivity index (χ1v) is 6.46. The van der Waals surface area contributed by atoms with Crippen molar-refractivity contribution in [2.75, 3.05) is 0 Å². The molecule has 0 aliphatic carbocycles. The highest BCUT2D eigenvalue weighted by molar-refractivity contribution is 7.11. The lowest BCUT2D eigenvalue weighted by atomic mass is 10.1. The molecule has 0 atom stereocenters. The molecule has 0 saturated heterocycles. The van der Waals surface area contributed by atoms with Crippen LogP contribution in [0.5, 0.6) is 0 Å². The molecule has 0 aliphatic rings. The van der Waals surface area contributed by atoms with Crippen LogP contribution in [0.4, 0.5) is 0 Å². The van der Waals surface area contributed by atoms with Crippen molar-refractivity contribution in [1.82, 2.24) is 0 Å². The molecule has 1 nitrogen and oxygen atoms in total. The molecule has 0 spiro atoms. The lowest BCUT2D eigenvalue weighted by molar-refractivity contribution is 1.34. The van der Waals surface area contributed by atoms with E-state index in [9.17, 15) is 0 Å². The van der Waals surface area contributed by atoms with Crippen LogP contribution in [0.2, 0.25) is 0 Å². The zero-order valence-electron chi connectivity index (χ0n) is 10.1. The third-order valence-electron chi connectivity index (χ3n) is 2.38. The van der Waals surface area contributed by atoms with Gasteiger partial charge >= 0.3 is 0 Å². The zero-order valence-corrected chi connectivity index (χ0v) is 10.9. The largest absolute Gasteiger partial charge is 0.255 e. The van der Waals surface area contributed by atoms with Crippen LogP contribution in [0, 0.1) is 0 Å². The second-order valence-corrected chi connectivity index (χ2v) is 4.97. The molecule has 0 N–H and O–H groups in total. The Kier molecular flexibility index (Phi) is 3.89. The van der Waals surface area contributed by atoms with Crippen molar-refractivity contribution < 1.29 is 0 Å². The van der Waals surface area contributed by atoms with E-state index in [0.29, 0.717) is 0 Å². The van der Waals surface area contributed by atoms with Gasteiger partial charge in [0.25, 0.3) is 0 Å². The lowest BCUT2D eigenvalue weighted by Gasteiger charge is -2.04. The summed E-state index contributed by atoms with van der Waals surface area (Å²) in [4.78, 5) is 5.78. The predicted octanol–water partition coefficient (Wildman–Crippen LogP) is 4.62. The van der Waals surface area contributed by atoms with E-state index < -0.39 is 0 Å². The Balaban J connectivity index is 2.30. The Hall–Kier alpha value is -1.67. The number of benzene rings is 1. The maximum Gasteiger partial charge on any atom is 0.0688 e. The van der Waals surface area contributed by atoms with Gasteiger partial charge in [0, 0.05) is 16.7 Å². The van der Waals surface area contributed by atoms with Gasteiger partial charge in [-0.1, -0.05) is 42.0 Å². The Morgan fingerprint density at radius 3 is 2.41 bits per heavy atom. The summed E-state index contributed by atoms with van der Waals surface area (Å²) in [5, 5.41) is 2.06. The standard InChI is InChI=1S/C15H15NS/c1-12(2)15(13-7-4-3-5-8-13)16-11-14-9-6-10-17-14/h3-11H,1-2H3. The van der Waals surface area contributed by atoms with E-state index >= 15 is 0 Å². The summed E-state index contributed by atoms with van der Waals surface area (Å²) < 4.78 is 0. The summed E-state index contributed by atoms with van der Waals surface area (Å²) in [5.41, 5.74) is 3.45. The average Bonchev–Trinajstić information content (AvgIpc) is 2.83. The molecule has 0 saturated carbocycles. The summed E-state index contributed by atoms with van der Waals surface area (Å²) in [6, 6.07) is 14.4. The Bertz CT molecular complexity index is 517. The zero-order chi connectivity index (χ0) is 12.1. The van der Waals surface area contributed by atoms with Crippen LogP contribution in [0.1, 0.15) is 24.3 Å². The van der Waals surface area contributed by atoms with E-state index in [1.54, 1.807) is 11.3 Å². The molecule has 2 rings (SSSR count). The van der Waals surface area contributed by atoms with Crippen LogP contribution in [-0.4, -0.2) is 6.21 Å². The van der Waals surface area contributed by atoms with Crippen molar-refractivity contribution in [1.29, 1.82) is 0 Å². The van der Waals surface area contributed by atoms with Gasteiger partial charge in [0.05, 0.1) is 5.70 Å². The second kappa shape index (κ2) is 5.60. The van der Waals surface area contributed by atoms with Crippen LogP contribution in [0.25, 0.3) is 5.70 Å². The normalized spacial score (nSPS) is 10.7. The van der Waals surface area contributed by atoms with E-state index in [1.807, 2.05) is 30.5 Å². The quantitative estimate of drug-likeness (QED) is 0.695. The summed E-state index contributed by atoms with van der Waals surface area (Å²) in [7, 11) is 0. The van der Waals surface area contributed by atoms with E-state index in [2.05, 4.69) is 42.4 Å². The molecule has 1 aromatic heterocycles. The minimum absolute atomic E-state index is 1.05. The summed E-state index contributed by atoms with van der Waals surface area (Å²) in [6.45, 7) is 4.18. The molecule has 1 aromatic carbocycles. The van der Waals surface area contributed by atoms with Crippen LogP contribution in [-0.2, 0) is 0 Å². The Morgan fingerprint density at radius 2 is 1.82 bits per heavy atom. The van der Waals surface area contributed by atoms with Gasteiger partial charge in [0.1, 0.15) is 0 Å². The Labute approximate surface area is 106 Å². The summed E-state index contributed by atoms with van der Waals surface area (Å²) in [6.07, 6.45) is 1.93. The lowest BCUT2D eigenvalue weighted by Crippen LogP contribution is -1.85. The number of thiophene rings is 1. The highest BCUT2D eigenvalue weighted by Crippen LogP contribution is 2.20. The first-order chi connectivity index (χ1) is 8.27. The molecule has 0 bridgehead atoms. The average molecular weight is 241 g/mol. The van der Waals surface area contributed by atoms with Gasteiger partial charge in [-0.2, -0.15) is 0 Å². The van der Waals surface area contributed by atoms with Crippen LogP contribution in [0.3, 0.4) is 0 Å². The van der Waals surface area contributed by atoms with E-state index in [0.717, 1.165) is 5.70 Å². The molecule has 2 heteroatoms. The first-order valence-electron chi connectivity index (χ1n) is 5.58. The molecule has 2 aromatic rings. The molecular weight excluding hydrogens is 226 g/mol. The number of aliphatic imine (C=N–C) groups is 1. The number of hydrogen-bond donors (Lipinski definition) is 0. The molecule has 0 aliphatic heterocycles. The van der Waals surface area contributed by atoms with E-state index in [-0.39, 0.29) is 0 Å². The van der Waals surface area contributed by atoms with Gasteiger partial charge in [0.15, 0.2) is 0 Å². The summed E-state index contributed by atoms with van der Waals surface area (Å²) >= 11 is 1.70. The number of nitrogens with zero attached hydrogens (tertiary/aromatic N) is 1. The van der Waals surface area contributed by atoms with Crippen molar-refractivity contribution in [3.05, 3.63) is 63.9 Å². The highest BCUT2D eigenvalue weighted by Gasteiger charge is 2.00. The molecule has 86 valence electrons. The molecule has 1 heterocycles. The highest BCUT2D eigenvalue weighted by atomic mass is 32.1. The van der Waals surface area contributed by atoms with Crippen LogP contribution in [0.15, 0.2) is 58.4 Å². The molecule has 0 amide bonds. The van der Waals surface area contributed by atoms with Crippen molar-refractivity contribution in [3.63, 3.8) is 0 Å². The maximum atomic E-state index is 4.60. The second-order valence-electron chi connectivity index (χ2n) is 3.99. The van der Waals surface area contributed by atoms with Crippen molar-refractivity contribution in [2.24, 2.45) is 4.99 Å². The summed E-state index contributed by atoms with van der Waals surface area (Å²) in [5.74, 6) is 0. The van der Waals surface area contributed by atoms with Crippen LogP contribution >= 0.6 is 11.3 Å².